The van der Waals surface area contributed by atoms with E-state index in [2.05, 4.69) is 15.7 Å². The van der Waals surface area contributed by atoms with Gasteiger partial charge in [-0.2, -0.15) is 0 Å². The summed E-state index contributed by atoms with van der Waals surface area (Å²) in [6, 6.07) is 0. The Morgan fingerprint density at radius 3 is 2.88 bits per heavy atom. The van der Waals surface area contributed by atoms with Crippen molar-refractivity contribution in [3.8, 4) is 0 Å². The van der Waals surface area contributed by atoms with Crippen LogP contribution in [-0.4, -0.2) is 11.5 Å². The lowest BCUT2D eigenvalue weighted by Crippen LogP contribution is -2.25. The molecule has 1 aromatic heterocycles. The topological polar surface area (TPSA) is 50.9 Å². The lowest BCUT2D eigenvalue weighted by Gasteiger charge is -2.14. The van der Waals surface area contributed by atoms with Crippen LogP contribution in [0.3, 0.4) is 0 Å². The van der Waals surface area contributed by atoms with Gasteiger partial charge in [0, 0.05) is 25.0 Å². The molecule has 2 aliphatic rings. The van der Waals surface area contributed by atoms with Crippen molar-refractivity contribution in [1.29, 1.82) is 0 Å². The van der Waals surface area contributed by atoms with Crippen LogP contribution in [0.5, 0.6) is 0 Å². The van der Waals surface area contributed by atoms with Crippen LogP contribution in [0.25, 0.3) is 0 Å². The highest BCUT2D eigenvalue weighted by Crippen LogP contribution is 2.60. The standard InChI is InChI=1S/C12H19N3S/c13-5-11-15-10(7-16-11)6-14-8-12(3-4-12)9-1-2-9/h7,9,14H,1-6,8,13H2. The van der Waals surface area contributed by atoms with Crippen LogP contribution in [0.1, 0.15) is 36.4 Å². The van der Waals surface area contributed by atoms with Gasteiger partial charge in [-0.25, -0.2) is 4.98 Å². The first-order valence-corrected chi connectivity index (χ1v) is 7.04. The second-order valence-electron chi connectivity index (χ2n) is 5.18. The average molecular weight is 237 g/mol. The van der Waals surface area contributed by atoms with Crippen molar-refractivity contribution < 1.29 is 0 Å². The summed E-state index contributed by atoms with van der Waals surface area (Å²) in [5.74, 6) is 1.04. The zero-order valence-corrected chi connectivity index (χ0v) is 10.4. The molecule has 4 heteroatoms. The van der Waals surface area contributed by atoms with E-state index < -0.39 is 0 Å². The van der Waals surface area contributed by atoms with Crippen molar-refractivity contribution >= 4 is 11.3 Å². The Morgan fingerprint density at radius 2 is 2.31 bits per heavy atom. The molecule has 0 aromatic carbocycles. The van der Waals surface area contributed by atoms with Crippen LogP contribution < -0.4 is 11.1 Å². The Balaban J connectivity index is 1.46. The van der Waals surface area contributed by atoms with E-state index >= 15 is 0 Å². The summed E-state index contributed by atoms with van der Waals surface area (Å²) in [7, 11) is 0. The van der Waals surface area contributed by atoms with Gasteiger partial charge in [0.2, 0.25) is 0 Å². The van der Waals surface area contributed by atoms with Crippen molar-refractivity contribution in [2.45, 2.75) is 38.8 Å². The molecule has 0 radical (unpaired) electrons. The number of hydrogen-bond donors (Lipinski definition) is 2. The van der Waals surface area contributed by atoms with Gasteiger partial charge in [-0.1, -0.05) is 0 Å². The molecule has 1 heterocycles. The number of nitrogens with zero attached hydrogens (tertiary/aromatic N) is 1. The van der Waals surface area contributed by atoms with Gasteiger partial charge in [0.05, 0.1) is 5.69 Å². The maximum absolute atomic E-state index is 5.55. The van der Waals surface area contributed by atoms with E-state index in [1.165, 1.54) is 32.2 Å². The van der Waals surface area contributed by atoms with Crippen molar-refractivity contribution in [3.63, 3.8) is 0 Å². The molecule has 3 N–H and O–H groups in total. The fourth-order valence-corrected chi connectivity index (χ4v) is 3.22. The highest BCUT2D eigenvalue weighted by atomic mass is 32.1. The molecule has 88 valence electrons. The zero-order valence-electron chi connectivity index (χ0n) is 9.54. The predicted molar refractivity (Wildman–Crippen MR) is 66.1 cm³/mol. The Morgan fingerprint density at radius 1 is 1.50 bits per heavy atom. The van der Waals surface area contributed by atoms with E-state index in [1.54, 1.807) is 11.3 Å². The second kappa shape index (κ2) is 4.09. The lowest BCUT2D eigenvalue weighted by atomic mass is 10.0. The fourth-order valence-electron chi connectivity index (χ4n) is 2.55. The van der Waals surface area contributed by atoms with E-state index in [1.807, 2.05) is 0 Å². The number of nitrogens with one attached hydrogen (secondary N) is 1. The molecule has 0 amide bonds. The largest absolute Gasteiger partial charge is 0.325 e. The molecule has 0 bridgehead atoms. The lowest BCUT2D eigenvalue weighted by molar-refractivity contribution is 0.402. The van der Waals surface area contributed by atoms with Gasteiger partial charge in [-0.15, -0.1) is 11.3 Å². The van der Waals surface area contributed by atoms with Crippen LogP contribution in [0.4, 0.5) is 0 Å². The number of hydrogen-bond acceptors (Lipinski definition) is 4. The molecule has 0 aliphatic heterocycles. The minimum absolute atomic E-state index is 0.566. The first-order chi connectivity index (χ1) is 7.82. The van der Waals surface area contributed by atoms with Crippen LogP contribution in [0, 0.1) is 11.3 Å². The molecular formula is C12H19N3S. The molecule has 2 saturated carbocycles. The van der Waals surface area contributed by atoms with E-state index in [0.29, 0.717) is 12.0 Å². The van der Waals surface area contributed by atoms with Gasteiger partial charge < -0.3 is 11.1 Å². The highest BCUT2D eigenvalue weighted by Gasteiger charge is 2.53. The maximum Gasteiger partial charge on any atom is 0.106 e. The van der Waals surface area contributed by atoms with Crippen molar-refractivity contribution in [3.05, 3.63) is 16.1 Å². The van der Waals surface area contributed by atoms with Crippen molar-refractivity contribution in [2.75, 3.05) is 6.54 Å². The first kappa shape index (κ1) is 10.7. The Hall–Kier alpha value is -0.450. The summed E-state index contributed by atoms with van der Waals surface area (Å²) in [6.45, 7) is 2.66. The summed E-state index contributed by atoms with van der Waals surface area (Å²) in [5.41, 5.74) is 7.38. The number of nitrogens with two attached hydrogens (primary N) is 1. The smallest absolute Gasteiger partial charge is 0.106 e. The quantitative estimate of drug-likeness (QED) is 0.794. The van der Waals surface area contributed by atoms with Crippen LogP contribution in [-0.2, 0) is 13.1 Å². The number of thiazole rings is 1. The molecule has 0 saturated heterocycles. The molecule has 3 nitrogen and oxygen atoms in total. The predicted octanol–water partition coefficient (Wildman–Crippen LogP) is 1.88. The van der Waals surface area contributed by atoms with Gasteiger partial charge in [0.15, 0.2) is 0 Å². The van der Waals surface area contributed by atoms with Crippen LogP contribution >= 0.6 is 11.3 Å². The summed E-state index contributed by atoms with van der Waals surface area (Å²) in [6.07, 6.45) is 5.82. The van der Waals surface area contributed by atoms with E-state index in [4.69, 9.17) is 5.73 Å². The van der Waals surface area contributed by atoms with Gasteiger partial charge in [-0.3, -0.25) is 0 Å². The zero-order chi connectivity index (χ0) is 11.0. The molecular weight excluding hydrogens is 218 g/mol. The minimum Gasteiger partial charge on any atom is -0.325 e. The van der Waals surface area contributed by atoms with E-state index in [-0.39, 0.29) is 0 Å². The third-order valence-electron chi connectivity index (χ3n) is 3.89. The molecule has 3 rings (SSSR count). The van der Waals surface area contributed by atoms with Gasteiger partial charge in [0.1, 0.15) is 5.01 Å². The first-order valence-electron chi connectivity index (χ1n) is 6.16. The maximum atomic E-state index is 5.55. The molecule has 0 spiro atoms. The summed E-state index contributed by atoms with van der Waals surface area (Å²) < 4.78 is 0. The Kier molecular flexibility index (Phi) is 2.73. The summed E-state index contributed by atoms with van der Waals surface area (Å²) in [4.78, 5) is 4.46. The van der Waals surface area contributed by atoms with Crippen LogP contribution in [0.2, 0.25) is 0 Å². The molecule has 2 aliphatic carbocycles. The van der Waals surface area contributed by atoms with Gasteiger partial charge >= 0.3 is 0 Å². The fraction of sp³-hybridized carbons (Fsp3) is 0.750. The molecule has 16 heavy (non-hydrogen) atoms. The second-order valence-corrected chi connectivity index (χ2v) is 6.12. The normalized spacial score (nSPS) is 22.3. The average Bonchev–Trinajstić information content (AvgIpc) is 3.17. The van der Waals surface area contributed by atoms with Crippen molar-refractivity contribution in [2.24, 2.45) is 17.1 Å². The third kappa shape index (κ3) is 2.14. The minimum atomic E-state index is 0.566. The molecule has 2 fully saturated rings. The Bertz CT molecular complexity index is 366. The van der Waals surface area contributed by atoms with Gasteiger partial charge in [-0.05, 0) is 37.0 Å². The highest BCUT2D eigenvalue weighted by molar-refractivity contribution is 7.09. The molecule has 0 atom stereocenters. The molecule has 0 unspecified atom stereocenters. The number of aromatic nitrogens is 1. The third-order valence-corrected chi connectivity index (χ3v) is 4.81. The van der Waals surface area contributed by atoms with Gasteiger partial charge in [0.25, 0.3) is 0 Å². The summed E-state index contributed by atoms with van der Waals surface area (Å²) >= 11 is 1.67. The van der Waals surface area contributed by atoms with E-state index in [9.17, 15) is 0 Å². The Labute approximate surface area is 100 Å². The number of rotatable bonds is 6. The molecule has 1 aromatic rings. The SMILES string of the molecule is NCc1nc(CNCC2(C3CC3)CC2)cs1. The van der Waals surface area contributed by atoms with E-state index in [0.717, 1.165) is 23.2 Å². The van der Waals surface area contributed by atoms with Crippen molar-refractivity contribution in [1.82, 2.24) is 10.3 Å². The summed E-state index contributed by atoms with van der Waals surface area (Å²) in [5, 5.41) is 6.73. The van der Waals surface area contributed by atoms with Crippen LogP contribution in [0.15, 0.2) is 5.38 Å². The monoisotopic (exact) mass is 237 g/mol.